The number of ether oxygens (including phenoxy) is 1. The van der Waals surface area contributed by atoms with Gasteiger partial charge in [-0.1, -0.05) is 0 Å². The number of methoxy groups -OCH3 is 1. The third-order valence-corrected chi connectivity index (χ3v) is 2.28. The Morgan fingerprint density at radius 1 is 1.44 bits per heavy atom. The van der Waals surface area contributed by atoms with Gasteiger partial charge in [-0.15, -0.1) is 0 Å². The molecule has 1 unspecified atom stereocenters. The number of esters is 1. The second-order valence-electron chi connectivity index (χ2n) is 3.75. The summed E-state index contributed by atoms with van der Waals surface area (Å²) in [5, 5.41) is 11.2. The summed E-state index contributed by atoms with van der Waals surface area (Å²) in [5.41, 5.74) is 0.661. The van der Waals surface area contributed by atoms with Crippen molar-refractivity contribution in [3.8, 4) is 0 Å². The highest BCUT2D eigenvalue weighted by atomic mass is 19.1. The summed E-state index contributed by atoms with van der Waals surface area (Å²) >= 11 is 0. The molecule has 0 aliphatic rings. The van der Waals surface area contributed by atoms with Gasteiger partial charge < -0.3 is 15.2 Å². The molecule has 1 amide bonds. The molecule has 1 atom stereocenters. The first kappa shape index (κ1) is 14.1. The molecule has 0 bridgehead atoms. The van der Waals surface area contributed by atoms with Gasteiger partial charge in [-0.05, 0) is 30.7 Å². The van der Waals surface area contributed by atoms with Crippen LogP contribution in [0.2, 0.25) is 0 Å². The fourth-order valence-electron chi connectivity index (χ4n) is 1.43. The molecule has 0 saturated heterocycles. The summed E-state index contributed by atoms with van der Waals surface area (Å²) in [6, 6.07) is 2.64. The van der Waals surface area contributed by atoms with E-state index in [1.807, 2.05) is 0 Å². The highest BCUT2D eigenvalue weighted by Crippen LogP contribution is 2.08. The van der Waals surface area contributed by atoms with Crippen LogP contribution < -0.4 is 5.32 Å². The standard InChI is InChI=1S/C12H14FNO4/c1-7-3-8(5-9(13)4-7)11(16)14-10(6-15)12(17)18-2/h3-5,10,15H,6H2,1-2H3,(H,14,16). The number of halogens is 1. The lowest BCUT2D eigenvalue weighted by Crippen LogP contribution is -2.44. The molecule has 0 spiro atoms. The Balaban J connectivity index is 2.84. The van der Waals surface area contributed by atoms with Gasteiger partial charge in [-0.2, -0.15) is 0 Å². The van der Waals surface area contributed by atoms with Crippen LogP contribution in [0.4, 0.5) is 4.39 Å². The summed E-state index contributed by atoms with van der Waals surface area (Å²) in [7, 11) is 1.14. The van der Waals surface area contributed by atoms with Gasteiger partial charge in [0.15, 0.2) is 6.04 Å². The van der Waals surface area contributed by atoms with Crippen LogP contribution in [0.1, 0.15) is 15.9 Å². The number of aryl methyl sites for hydroxylation is 1. The first-order valence-corrected chi connectivity index (χ1v) is 5.24. The molecule has 1 aromatic rings. The normalized spacial score (nSPS) is 11.8. The first-order valence-electron chi connectivity index (χ1n) is 5.24. The predicted molar refractivity (Wildman–Crippen MR) is 61.5 cm³/mol. The number of hydrogen-bond acceptors (Lipinski definition) is 4. The zero-order valence-electron chi connectivity index (χ0n) is 10.1. The van der Waals surface area contributed by atoms with E-state index in [0.717, 1.165) is 13.2 Å². The van der Waals surface area contributed by atoms with Crippen LogP contribution >= 0.6 is 0 Å². The predicted octanol–water partition coefficient (Wildman–Crippen LogP) is 0.398. The maximum absolute atomic E-state index is 13.1. The fourth-order valence-corrected chi connectivity index (χ4v) is 1.43. The molecule has 6 heteroatoms. The van der Waals surface area contributed by atoms with Gasteiger partial charge in [0.2, 0.25) is 0 Å². The van der Waals surface area contributed by atoms with Gasteiger partial charge in [-0.25, -0.2) is 9.18 Å². The molecule has 18 heavy (non-hydrogen) atoms. The lowest BCUT2D eigenvalue weighted by Gasteiger charge is -2.14. The quantitative estimate of drug-likeness (QED) is 0.763. The average molecular weight is 255 g/mol. The van der Waals surface area contributed by atoms with Crippen molar-refractivity contribution in [1.82, 2.24) is 5.32 Å². The second-order valence-corrected chi connectivity index (χ2v) is 3.75. The minimum atomic E-state index is -1.16. The van der Waals surface area contributed by atoms with E-state index in [1.165, 1.54) is 12.1 Å². The molecule has 0 aliphatic heterocycles. The van der Waals surface area contributed by atoms with Crippen molar-refractivity contribution in [3.05, 3.63) is 35.1 Å². The SMILES string of the molecule is COC(=O)C(CO)NC(=O)c1cc(C)cc(F)c1. The number of nitrogens with one attached hydrogen (secondary N) is 1. The summed E-state index contributed by atoms with van der Waals surface area (Å²) in [5.74, 6) is -1.96. The molecule has 1 aromatic carbocycles. The molecule has 0 aliphatic carbocycles. The van der Waals surface area contributed by atoms with Crippen LogP contribution in [0.25, 0.3) is 0 Å². The van der Waals surface area contributed by atoms with Crippen LogP contribution in [0.5, 0.6) is 0 Å². The zero-order valence-corrected chi connectivity index (χ0v) is 10.1. The van der Waals surface area contributed by atoms with Crippen LogP contribution in [-0.2, 0) is 9.53 Å². The highest BCUT2D eigenvalue weighted by molar-refractivity contribution is 5.96. The Labute approximate surface area is 104 Å². The molecule has 0 fully saturated rings. The van der Waals surface area contributed by atoms with E-state index in [0.29, 0.717) is 5.56 Å². The lowest BCUT2D eigenvalue weighted by molar-refractivity contribution is -0.143. The largest absolute Gasteiger partial charge is 0.467 e. The third kappa shape index (κ3) is 3.53. The molecule has 2 N–H and O–H groups in total. The topological polar surface area (TPSA) is 75.6 Å². The number of amides is 1. The number of hydrogen-bond donors (Lipinski definition) is 2. The van der Waals surface area contributed by atoms with E-state index in [2.05, 4.69) is 10.1 Å². The highest BCUT2D eigenvalue weighted by Gasteiger charge is 2.21. The smallest absolute Gasteiger partial charge is 0.330 e. The third-order valence-electron chi connectivity index (χ3n) is 2.28. The number of benzene rings is 1. The summed E-state index contributed by atoms with van der Waals surface area (Å²) in [6.45, 7) is 1.05. The maximum atomic E-state index is 13.1. The van der Waals surface area contributed by atoms with Crippen molar-refractivity contribution in [3.63, 3.8) is 0 Å². The van der Waals surface area contributed by atoms with E-state index < -0.39 is 30.3 Å². The van der Waals surface area contributed by atoms with Gasteiger partial charge in [0.1, 0.15) is 5.82 Å². The Bertz CT molecular complexity index is 441. The van der Waals surface area contributed by atoms with Crippen molar-refractivity contribution in [2.45, 2.75) is 13.0 Å². The van der Waals surface area contributed by atoms with E-state index in [-0.39, 0.29) is 5.56 Å². The van der Waals surface area contributed by atoms with Crippen molar-refractivity contribution < 1.29 is 23.8 Å². The molecule has 0 aromatic heterocycles. The van der Waals surface area contributed by atoms with Gasteiger partial charge in [0.25, 0.3) is 5.91 Å². The van der Waals surface area contributed by atoms with Crippen molar-refractivity contribution in [2.75, 3.05) is 13.7 Å². The minimum absolute atomic E-state index is 0.0786. The van der Waals surface area contributed by atoms with Crippen LogP contribution in [0.3, 0.4) is 0 Å². The van der Waals surface area contributed by atoms with Gasteiger partial charge in [0.05, 0.1) is 13.7 Å². The Morgan fingerprint density at radius 2 is 2.11 bits per heavy atom. The van der Waals surface area contributed by atoms with Gasteiger partial charge >= 0.3 is 5.97 Å². The molecule has 1 rings (SSSR count). The minimum Gasteiger partial charge on any atom is -0.467 e. The monoisotopic (exact) mass is 255 g/mol. The Morgan fingerprint density at radius 3 is 2.61 bits per heavy atom. The van der Waals surface area contributed by atoms with Gasteiger partial charge in [-0.3, -0.25) is 4.79 Å². The summed E-state index contributed by atoms with van der Waals surface area (Å²) in [4.78, 5) is 22.9. The van der Waals surface area contributed by atoms with Crippen LogP contribution in [0.15, 0.2) is 18.2 Å². The maximum Gasteiger partial charge on any atom is 0.330 e. The number of carbonyl (C=O) groups excluding carboxylic acids is 2. The van der Waals surface area contributed by atoms with E-state index in [4.69, 9.17) is 5.11 Å². The van der Waals surface area contributed by atoms with Crippen LogP contribution in [-0.4, -0.2) is 36.7 Å². The second kappa shape index (κ2) is 6.11. The fraction of sp³-hybridized carbons (Fsp3) is 0.333. The molecular weight excluding hydrogens is 241 g/mol. The Hall–Kier alpha value is -1.95. The summed E-state index contributed by atoms with van der Waals surface area (Å²) in [6.07, 6.45) is 0. The number of aliphatic hydroxyl groups is 1. The Kier molecular flexibility index (Phi) is 4.79. The molecule has 98 valence electrons. The lowest BCUT2D eigenvalue weighted by atomic mass is 10.1. The molecular formula is C12H14FNO4. The number of rotatable bonds is 4. The van der Waals surface area contributed by atoms with E-state index in [9.17, 15) is 14.0 Å². The van der Waals surface area contributed by atoms with Crippen molar-refractivity contribution >= 4 is 11.9 Å². The molecule has 0 saturated carbocycles. The number of carbonyl (C=O) groups is 2. The first-order chi connectivity index (χ1) is 8.47. The van der Waals surface area contributed by atoms with E-state index >= 15 is 0 Å². The molecule has 0 heterocycles. The van der Waals surface area contributed by atoms with Crippen molar-refractivity contribution in [1.29, 1.82) is 0 Å². The van der Waals surface area contributed by atoms with Gasteiger partial charge in [0, 0.05) is 5.56 Å². The molecule has 5 nitrogen and oxygen atoms in total. The van der Waals surface area contributed by atoms with Crippen LogP contribution in [0, 0.1) is 12.7 Å². The zero-order chi connectivity index (χ0) is 13.7. The van der Waals surface area contributed by atoms with Crippen molar-refractivity contribution in [2.24, 2.45) is 0 Å². The number of aliphatic hydroxyl groups excluding tert-OH is 1. The summed E-state index contributed by atoms with van der Waals surface area (Å²) < 4.78 is 17.5. The average Bonchev–Trinajstić information content (AvgIpc) is 2.33. The van der Waals surface area contributed by atoms with E-state index in [1.54, 1.807) is 6.92 Å². The molecule has 0 radical (unpaired) electrons.